The Kier molecular flexibility index (Phi) is 3.89. The van der Waals surface area contributed by atoms with E-state index in [4.69, 9.17) is 0 Å². The van der Waals surface area contributed by atoms with Gasteiger partial charge in [0.05, 0.1) is 5.76 Å². The number of aliphatic hydroxyl groups is 1. The summed E-state index contributed by atoms with van der Waals surface area (Å²) in [5.74, 6) is 0.634. The lowest BCUT2D eigenvalue weighted by molar-refractivity contribution is 0.211. The Morgan fingerprint density at radius 1 is 0.909 bits per heavy atom. The monoisotopic (exact) mass is 290 g/mol. The van der Waals surface area contributed by atoms with Crippen LogP contribution < -0.4 is 0 Å². The lowest BCUT2D eigenvalue weighted by Crippen LogP contribution is -2.30. The van der Waals surface area contributed by atoms with E-state index in [9.17, 15) is 5.11 Å². The van der Waals surface area contributed by atoms with Crippen molar-refractivity contribution in [2.24, 2.45) is 5.41 Å². The molecule has 2 atom stereocenters. The predicted octanol–water partition coefficient (Wildman–Crippen LogP) is 5.73. The van der Waals surface area contributed by atoms with Gasteiger partial charge >= 0.3 is 0 Å². The number of benzene rings is 2. The third-order valence-electron chi connectivity index (χ3n) is 4.93. The molecule has 0 spiro atoms. The van der Waals surface area contributed by atoms with Gasteiger partial charge in [-0.1, -0.05) is 80.6 Å². The van der Waals surface area contributed by atoms with Crippen LogP contribution in [0.2, 0.25) is 0 Å². The van der Waals surface area contributed by atoms with E-state index in [2.05, 4.69) is 68.5 Å². The molecule has 0 saturated heterocycles. The van der Waals surface area contributed by atoms with Gasteiger partial charge in [0.2, 0.25) is 0 Å². The van der Waals surface area contributed by atoms with E-state index in [1.807, 2.05) is 18.2 Å². The average molecular weight is 290 g/mol. The Labute approximate surface area is 132 Å². The molecule has 0 saturated carbocycles. The first-order chi connectivity index (χ1) is 10.7. The molecule has 1 heteroatoms. The van der Waals surface area contributed by atoms with Crippen molar-refractivity contribution in [3.63, 3.8) is 0 Å². The Morgan fingerprint density at radius 3 is 2.09 bits per heavy atom. The van der Waals surface area contributed by atoms with E-state index in [0.29, 0.717) is 5.76 Å². The molecule has 2 aromatic carbocycles. The van der Waals surface area contributed by atoms with Gasteiger partial charge in [0, 0.05) is 11.3 Å². The molecule has 0 aromatic heterocycles. The molecule has 1 N–H and O–H groups in total. The summed E-state index contributed by atoms with van der Waals surface area (Å²) in [6, 6.07) is 21.0. The molecule has 1 aliphatic carbocycles. The smallest absolute Gasteiger partial charge is 0.0990 e. The number of hydrogen-bond acceptors (Lipinski definition) is 1. The van der Waals surface area contributed by atoms with Crippen LogP contribution in [0.25, 0.3) is 5.57 Å². The number of aliphatic hydroxyl groups excluding tert-OH is 1. The van der Waals surface area contributed by atoms with Crippen LogP contribution in [0.15, 0.2) is 78.6 Å². The lowest BCUT2D eigenvalue weighted by atomic mass is 9.63. The molecule has 1 nitrogen and oxygen atoms in total. The fourth-order valence-corrected chi connectivity index (χ4v) is 3.42. The van der Waals surface area contributed by atoms with Crippen LogP contribution in [-0.2, 0) is 0 Å². The molecular weight excluding hydrogens is 268 g/mol. The summed E-state index contributed by atoms with van der Waals surface area (Å²) >= 11 is 0. The van der Waals surface area contributed by atoms with Gasteiger partial charge < -0.3 is 5.11 Å². The highest BCUT2D eigenvalue weighted by molar-refractivity contribution is 5.76. The normalized spacial score (nSPS) is 24.5. The van der Waals surface area contributed by atoms with Crippen molar-refractivity contribution >= 4 is 5.57 Å². The van der Waals surface area contributed by atoms with Crippen molar-refractivity contribution in [3.8, 4) is 0 Å². The molecule has 112 valence electrons. The van der Waals surface area contributed by atoms with Crippen LogP contribution in [0.1, 0.15) is 37.3 Å². The maximum absolute atomic E-state index is 10.5. The van der Waals surface area contributed by atoms with E-state index < -0.39 is 0 Å². The summed E-state index contributed by atoms with van der Waals surface area (Å²) in [5, 5.41) is 10.5. The standard InChI is InChI=1S/C21H22O/c1-3-21(2)19(22)15-14-18(16-10-6-4-7-11-16)20(21)17-12-8-5-9-13-17/h4-15,20,22H,3H2,1-2H3. The van der Waals surface area contributed by atoms with E-state index in [-0.39, 0.29) is 11.3 Å². The van der Waals surface area contributed by atoms with Crippen LogP contribution in [-0.4, -0.2) is 5.11 Å². The van der Waals surface area contributed by atoms with Gasteiger partial charge in [-0.2, -0.15) is 0 Å². The Hall–Kier alpha value is -2.28. The van der Waals surface area contributed by atoms with Crippen molar-refractivity contribution in [2.75, 3.05) is 0 Å². The van der Waals surface area contributed by atoms with Gasteiger partial charge in [0.1, 0.15) is 0 Å². The van der Waals surface area contributed by atoms with Gasteiger partial charge in [-0.05, 0) is 29.2 Å². The van der Waals surface area contributed by atoms with Crippen LogP contribution in [0.5, 0.6) is 0 Å². The number of allylic oxidation sites excluding steroid dienone is 4. The zero-order valence-electron chi connectivity index (χ0n) is 13.2. The molecule has 0 amide bonds. The molecule has 0 aliphatic heterocycles. The molecule has 22 heavy (non-hydrogen) atoms. The quantitative estimate of drug-likeness (QED) is 0.765. The molecule has 0 radical (unpaired) electrons. The Morgan fingerprint density at radius 2 is 1.50 bits per heavy atom. The first kappa shape index (κ1) is 14.6. The highest BCUT2D eigenvalue weighted by atomic mass is 16.3. The van der Waals surface area contributed by atoms with E-state index in [1.54, 1.807) is 0 Å². The first-order valence-corrected chi connectivity index (χ1v) is 7.88. The SMILES string of the molecule is CCC1(C)C(O)=CC=C(c2ccccc2)C1c1ccccc1. The number of rotatable bonds is 3. The molecule has 0 heterocycles. The number of hydrogen-bond donors (Lipinski definition) is 1. The predicted molar refractivity (Wildman–Crippen MR) is 92.7 cm³/mol. The van der Waals surface area contributed by atoms with Crippen molar-refractivity contribution < 1.29 is 5.11 Å². The maximum atomic E-state index is 10.5. The zero-order chi connectivity index (χ0) is 15.6. The minimum absolute atomic E-state index is 0.158. The van der Waals surface area contributed by atoms with Gasteiger partial charge in [-0.15, -0.1) is 0 Å². The van der Waals surface area contributed by atoms with Crippen molar-refractivity contribution in [1.82, 2.24) is 0 Å². The van der Waals surface area contributed by atoms with Crippen LogP contribution >= 0.6 is 0 Å². The molecule has 2 unspecified atom stereocenters. The van der Waals surface area contributed by atoms with Gasteiger partial charge in [0.15, 0.2) is 0 Å². The molecule has 2 aromatic rings. The highest BCUT2D eigenvalue weighted by Gasteiger charge is 2.41. The van der Waals surface area contributed by atoms with Gasteiger partial charge in [-0.3, -0.25) is 0 Å². The molecule has 0 bridgehead atoms. The van der Waals surface area contributed by atoms with Crippen molar-refractivity contribution in [1.29, 1.82) is 0 Å². The topological polar surface area (TPSA) is 20.2 Å². The van der Waals surface area contributed by atoms with Crippen LogP contribution in [0, 0.1) is 5.41 Å². The van der Waals surface area contributed by atoms with E-state index >= 15 is 0 Å². The van der Waals surface area contributed by atoms with Crippen LogP contribution in [0.3, 0.4) is 0 Å². The minimum Gasteiger partial charge on any atom is -0.512 e. The highest BCUT2D eigenvalue weighted by Crippen LogP contribution is 2.52. The third-order valence-corrected chi connectivity index (χ3v) is 4.93. The molecule has 1 aliphatic rings. The zero-order valence-corrected chi connectivity index (χ0v) is 13.2. The fourth-order valence-electron chi connectivity index (χ4n) is 3.42. The van der Waals surface area contributed by atoms with Crippen molar-refractivity contribution in [3.05, 3.63) is 89.7 Å². The molecular formula is C21H22O. The van der Waals surface area contributed by atoms with Gasteiger partial charge in [-0.25, -0.2) is 0 Å². The first-order valence-electron chi connectivity index (χ1n) is 7.88. The average Bonchev–Trinajstić information content (AvgIpc) is 2.58. The fraction of sp³-hybridized carbons (Fsp3) is 0.238. The largest absolute Gasteiger partial charge is 0.512 e. The minimum atomic E-state index is -0.277. The van der Waals surface area contributed by atoms with Crippen LogP contribution in [0.4, 0.5) is 0 Å². The summed E-state index contributed by atoms with van der Waals surface area (Å²) < 4.78 is 0. The molecule has 3 rings (SSSR count). The van der Waals surface area contributed by atoms with Crippen molar-refractivity contribution in [2.45, 2.75) is 26.2 Å². The second-order valence-electron chi connectivity index (χ2n) is 6.15. The molecule has 0 fully saturated rings. The summed E-state index contributed by atoms with van der Waals surface area (Å²) in [4.78, 5) is 0. The summed E-state index contributed by atoms with van der Waals surface area (Å²) in [7, 11) is 0. The third kappa shape index (κ3) is 2.37. The maximum Gasteiger partial charge on any atom is 0.0990 e. The summed E-state index contributed by atoms with van der Waals surface area (Å²) in [6.45, 7) is 4.31. The second kappa shape index (κ2) is 5.84. The second-order valence-corrected chi connectivity index (χ2v) is 6.15. The summed E-state index contributed by atoms with van der Waals surface area (Å²) in [6.07, 6.45) is 4.82. The Balaban J connectivity index is 2.18. The lowest BCUT2D eigenvalue weighted by Gasteiger charge is -2.41. The Bertz CT molecular complexity index is 697. The van der Waals surface area contributed by atoms with E-state index in [1.165, 1.54) is 16.7 Å². The summed E-state index contributed by atoms with van der Waals surface area (Å²) in [5.41, 5.74) is 3.47. The van der Waals surface area contributed by atoms with Gasteiger partial charge in [0.25, 0.3) is 0 Å². The van der Waals surface area contributed by atoms with E-state index in [0.717, 1.165) is 6.42 Å².